The molecule has 6 nitrogen and oxygen atoms in total. The summed E-state index contributed by atoms with van der Waals surface area (Å²) in [4.78, 5) is 0. The zero-order chi connectivity index (χ0) is 10.9. The van der Waals surface area contributed by atoms with E-state index in [4.69, 9.17) is 20.4 Å². The average Bonchev–Trinajstić information content (AvgIpc) is 2.03. The van der Waals surface area contributed by atoms with Gasteiger partial charge in [0.1, 0.15) is 0 Å². The second-order valence-electron chi connectivity index (χ2n) is 3.09. The molecule has 0 aliphatic carbocycles. The molecule has 0 heterocycles. The van der Waals surface area contributed by atoms with Gasteiger partial charge in [-0.3, -0.25) is 0 Å². The Bertz CT molecular complexity index is 157. The molecule has 0 saturated carbocycles. The minimum Gasteiger partial charge on any atom is -0.402 e. The zero-order valence-electron chi connectivity index (χ0n) is 7.77. The number of aliphatic hydroxyl groups is 1. The predicted molar refractivity (Wildman–Crippen MR) is 46.8 cm³/mol. The van der Waals surface area contributed by atoms with Gasteiger partial charge in [0.15, 0.2) is 6.19 Å². The highest BCUT2D eigenvalue weighted by Crippen LogP contribution is 2.13. The number of aliphatic hydroxyl groups excluding tert-OH is 1. The molecule has 0 aromatic carbocycles. The van der Waals surface area contributed by atoms with Crippen LogP contribution in [0.3, 0.4) is 0 Å². The monoisotopic (exact) mass is 190 g/mol. The molecule has 0 rings (SSSR count). The third-order valence-corrected chi connectivity index (χ3v) is 1.05. The van der Waals surface area contributed by atoms with Crippen LogP contribution in [0, 0.1) is 16.9 Å². The van der Waals surface area contributed by atoms with E-state index in [0.717, 1.165) is 0 Å². The molecule has 0 radical (unpaired) electrons. The lowest BCUT2D eigenvalue weighted by atomic mass is 9.96. The van der Waals surface area contributed by atoms with Gasteiger partial charge in [-0.05, 0) is 0 Å². The molecule has 0 saturated heterocycles. The van der Waals surface area contributed by atoms with Gasteiger partial charge in [0, 0.05) is 12.0 Å². The molecule has 0 unspecified atom stereocenters. The van der Waals surface area contributed by atoms with E-state index in [2.05, 4.69) is 10.4 Å². The summed E-state index contributed by atoms with van der Waals surface area (Å²) >= 11 is 0. The Balaban J connectivity index is 0. The van der Waals surface area contributed by atoms with Crippen LogP contribution in [0.15, 0.2) is 0 Å². The molecule has 76 valence electrons. The Kier molecular flexibility index (Phi) is 8.85. The van der Waals surface area contributed by atoms with Crippen molar-refractivity contribution in [1.29, 1.82) is 5.26 Å². The summed E-state index contributed by atoms with van der Waals surface area (Å²) in [7, 11) is -1.74. The Morgan fingerprint density at radius 2 is 1.92 bits per heavy atom. The van der Waals surface area contributed by atoms with Crippen molar-refractivity contribution >= 4 is 7.32 Å². The predicted octanol–water partition coefficient (Wildman–Crippen LogP) is -1.58. The van der Waals surface area contributed by atoms with E-state index in [9.17, 15) is 0 Å². The zero-order valence-corrected chi connectivity index (χ0v) is 7.77. The normalized spacial score (nSPS) is 9.54. The van der Waals surface area contributed by atoms with Gasteiger partial charge < -0.3 is 25.5 Å². The van der Waals surface area contributed by atoms with Crippen LogP contribution >= 0.6 is 0 Å². The molecule has 7 heteroatoms. The SMILES string of the molecule is CC(C)(CO)COB(O)O.N#CN. The highest BCUT2D eigenvalue weighted by atomic mass is 16.6. The summed E-state index contributed by atoms with van der Waals surface area (Å²) in [5.74, 6) is 0. The molecule has 0 spiro atoms. The second-order valence-corrected chi connectivity index (χ2v) is 3.09. The van der Waals surface area contributed by atoms with E-state index in [0.29, 0.717) is 0 Å². The molecule has 0 aromatic rings. The standard InChI is InChI=1S/C5H13BO4.CH2N2/c1-5(2,3-7)4-10-6(8)9;2-1-3/h7-9H,3-4H2,1-2H3;2H2. The molecule has 5 N–H and O–H groups in total. The van der Waals surface area contributed by atoms with Gasteiger partial charge in [0.05, 0.1) is 6.61 Å². The summed E-state index contributed by atoms with van der Waals surface area (Å²) in [6.07, 6.45) is 1.25. The molecule has 0 fully saturated rings. The van der Waals surface area contributed by atoms with Crippen LogP contribution in [0.25, 0.3) is 0 Å². The highest BCUT2D eigenvalue weighted by molar-refractivity contribution is 6.32. The average molecular weight is 190 g/mol. The van der Waals surface area contributed by atoms with E-state index in [1.165, 1.54) is 6.19 Å². The topological polar surface area (TPSA) is 120 Å². The summed E-state index contributed by atoms with van der Waals surface area (Å²) in [6.45, 7) is 3.60. The van der Waals surface area contributed by atoms with E-state index in [1.54, 1.807) is 13.8 Å². The van der Waals surface area contributed by atoms with E-state index in [-0.39, 0.29) is 13.2 Å². The first-order valence-electron chi connectivity index (χ1n) is 3.58. The van der Waals surface area contributed by atoms with Gasteiger partial charge in [-0.25, -0.2) is 0 Å². The van der Waals surface area contributed by atoms with Crippen molar-refractivity contribution in [2.45, 2.75) is 13.8 Å². The van der Waals surface area contributed by atoms with E-state index < -0.39 is 12.7 Å². The number of nitrogens with zero attached hydrogens (tertiary/aromatic N) is 1. The second kappa shape index (κ2) is 7.82. The van der Waals surface area contributed by atoms with Crippen LogP contribution < -0.4 is 5.73 Å². The number of hydrogen-bond donors (Lipinski definition) is 4. The summed E-state index contributed by atoms with van der Waals surface area (Å²) in [5.41, 5.74) is 3.74. The van der Waals surface area contributed by atoms with Crippen molar-refractivity contribution in [2.24, 2.45) is 11.1 Å². The molecule has 0 aromatic heterocycles. The molecule has 13 heavy (non-hydrogen) atoms. The number of nitriles is 1. The van der Waals surface area contributed by atoms with Crippen molar-refractivity contribution in [3.8, 4) is 6.19 Å². The van der Waals surface area contributed by atoms with Gasteiger partial charge in [-0.15, -0.1) is 0 Å². The van der Waals surface area contributed by atoms with Crippen molar-refractivity contribution in [3.63, 3.8) is 0 Å². The largest absolute Gasteiger partial charge is 0.633 e. The first kappa shape index (κ1) is 14.7. The summed E-state index contributed by atoms with van der Waals surface area (Å²) < 4.78 is 4.45. The molecule has 0 amide bonds. The van der Waals surface area contributed by atoms with Crippen molar-refractivity contribution < 1.29 is 19.8 Å². The first-order valence-corrected chi connectivity index (χ1v) is 3.58. The van der Waals surface area contributed by atoms with E-state index >= 15 is 0 Å². The van der Waals surface area contributed by atoms with Gasteiger partial charge in [0.25, 0.3) is 0 Å². The Morgan fingerprint density at radius 1 is 1.54 bits per heavy atom. The molecule has 0 aliphatic rings. The van der Waals surface area contributed by atoms with E-state index in [1.807, 2.05) is 0 Å². The lowest BCUT2D eigenvalue weighted by molar-refractivity contribution is 0.0687. The van der Waals surface area contributed by atoms with Crippen LogP contribution in [0.2, 0.25) is 0 Å². The first-order chi connectivity index (χ1) is 5.89. The Labute approximate surface area is 77.7 Å². The molecular weight excluding hydrogens is 175 g/mol. The van der Waals surface area contributed by atoms with Crippen LogP contribution in [-0.2, 0) is 4.65 Å². The maximum Gasteiger partial charge on any atom is 0.633 e. The van der Waals surface area contributed by atoms with Crippen LogP contribution in [0.4, 0.5) is 0 Å². The number of nitrogens with two attached hydrogens (primary N) is 1. The van der Waals surface area contributed by atoms with Crippen molar-refractivity contribution in [2.75, 3.05) is 13.2 Å². The fourth-order valence-electron chi connectivity index (χ4n) is 0.346. The summed E-state index contributed by atoms with van der Waals surface area (Å²) in [5, 5.41) is 32.3. The quantitative estimate of drug-likeness (QED) is 0.241. The van der Waals surface area contributed by atoms with Gasteiger partial charge in [-0.2, -0.15) is 5.26 Å². The Morgan fingerprint density at radius 3 is 2.15 bits per heavy atom. The Hall–Kier alpha value is -0.805. The maximum atomic E-state index is 8.66. The molecule has 0 atom stereocenters. The van der Waals surface area contributed by atoms with Crippen LogP contribution in [0.1, 0.15) is 13.8 Å². The molecule has 0 aliphatic heterocycles. The minimum absolute atomic E-state index is 0.0419. The van der Waals surface area contributed by atoms with Crippen molar-refractivity contribution in [1.82, 2.24) is 0 Å². The van der Waals surface area contributed by atoms with Crippen LogP contribution in [0.5, 0.6) is 0 Å². The number of rotatable bonds is 4. The molecule has 0 bridgehead atoms. The fourth-order valence-corrected chi connectivity index (χ4v) is 0.346. The lowest BCUT2D eigenvalue weighted by Crippen LogP contribution is -2.29. The smallest absolute Gasteiger partial charge is 0.402 e. The fraction of sp³-hybridized carbons (Fsp3) is 0.833. The molecular formula is C6H15BN2O4. The van der Waals surface area contributed by atoms with Gasteiger partial charge >= 0.3 is 7.32 Å². The van der Waals surface area contributed by atoms with Gasteiger partial charge in [-0.1, -0.05) is 13.8 Å². The maximum absolute atomic E-state index is 8.66. The minimum atomic E-state index is -1.74. The lowest BCUT2D eigenvalue weighted by Gasteiger charge is -2.20. The van der Waals surface area contributed by atoms with Crippen molar-refractivity contribution in [3.05, 3.63) is 0 Å². The third kappa shape index (κ3) is 14.1. The highest BCUT2D eigenvalue weighted by Gasteiger charge is 2.20. The third-order valence-electron chi connectivity index (χ3n) is 1.05. The van der Waals surface area contributed by atoms with Gasteiger partial charge in [0.2, 0.25) is 0 Å². The van der Waals surface area contributed by atoms with Crippen LogP contribution in [-0.4, -0.2) is 35.7 Å². The number of hydrogen-bond acceptors (Lipinski definition) is 6. The summed E-state index contributed by atoms with van der Waals surface area (Å²) in [6, 6.07) is 0.